The van der Waals surface area contributed by atoms with E-state index in [0.29, 0.717) is 22.5 Å². The van der Waals surface area contributed by atoms with Crippen molar-refractivity contribution in [2.75, 3.05) is 23.7 Å². The number of rotatable bonds is 5. The number of anilines is 2. The van der Waals surface area contributed by atoms with Gasteiger partial charge < -0.3 is 15.5 Å². The van der Waals surface area contributed by atoms with Crippen LogP contribution in [0.1, 0.15) is 47.4 Å². The minimum Gasteiger partial charge on any atom is -0.339 e. The van der Waals surface area contributed by atoms with E-state index >= 15 is 0 Å². The summed E-state index contributed by atoms with van der Waals surface area (Å²) in [6, 6.07) is 13.7. The van der Waals surface area contributed by atoms with E-state index in [9.17, 15) is 14.4 Å². The van der Waals surface area contributed by atoms with Crippen molar-refractivity contribution >= 4 is 29.1 Å². The van der Waals surface area contributed by atoms with E-state index in [4.69, 9.17) is 0 Å². The van der Waals surface area contributed by atoms with Gasteiger partial charge in [0.05, 0.1) is 0 Å². The standard InChI is InChI=1S/C22H25N3O3/c1-15(2)20(26)23-18-9-5-16(6-10-18)21(27)24-19-11-7-17(8-12-19)22(28)25-13-3-4-14-25/h5-12,15H,3-4,13-14H2,1-2H3,(H,23,26)(H,24,27). The van der Waals surface area contributed by atoms with Gasteiger partial charge >= 0.3 is 0 Å². The van der Waals surface area contributed by atoms with E-state index in [1.807, 2.05) is 18.7 Å². The van der Waals surface area contributed by atoms with Crippen LogP contribution in [-0.4, -0.2) is 35.7 Å². The summed E-state index contributed by atoms with van der Waals surface area (Å²) in [5.74, 6) is -0.390. The van der Waals surface area contributed by atoms with Crippen molar-refractivity contribution in [3.8, 4) is 0 Å². The molecule has 0 spiro atoms. The zero-order valence-corrected chi connectivity index (χ0v) is 16.2. The molecule has 6 nitrogen and oxygen atoms in total. The Labute approximate surface area is 164 Å². The second kappa shape index (κ2) is 8.69. The van der Waals surface area contributed by atoms with E-state index in [1.165, 1.54) is 0 Å². The molecule has 3 rings (SSSR count). The number of hydrogen-bond donors (Lipinski definition) is 2. The number of nitrogens with zero attached hydrogens (tertiary/aromatic N) is 1. The zero-order chi connectivity index (χ0) is 20.1. The van der Waals surface area contributed by atoms with Gasteiger partial charge in [-0.3, -0.25) is 14.4 Å². The lowest BCUT2D eigenvalue weighted by atomic mass is 10.1. The highest BCUT2D eigenvalue weighted by atomic mass is 16.2. The predicted octanol–water partition coefficient (Wildman–Crippen LogP) is 3.77. The molecule has 0 atom stereocenters. The molecule has 3 amide bonds. The summed E-state index contributed by atoms with van der Waals surface area (Å²) in [5, 5.41) is 5.61. The van der Waals surface area contributed by atoms with Crippen molar-refractivity contribution < 1.29 is 14.4 Å². The van der Waals surface area contributed by atoms with Gasteiger partial charge in [0.25, 0.3) is 11.8 Å². The molecule has 1 fully saturated rings. The summed E-state index contributed by atoms with van der Waals surface area (Å²) >= 11 is 0. The maximum absolute atomic E-state index is 12.4. The van der Waals surface area contributed by atoms with Crippen molar-refractivity contribution in [1.82, 2.24) is 4.90 Å². The van der Waals surface area contributed by atoms with Gasteiger partial charge in [-0.2, -0.15) is 0 Å². The summed E-state index contributed by atoms with van der Waals surface area (Å²) in [6.45, 7) is 5.26. The van der Waals surface area contributed by atoms with Crippen LogP contribution >= 0.6 is 0 Å². The number of nitrogens with one attached hydrogen (secondary N) is 2. The predicted molar refractivity (Wildman–Crippen MR) is 109 cm³/mol. The molecule has 1 aliphatic heterocycles. The van der Waals surface area contributed by atoms with E-state index in [2.05, 4.69) is 10.6 Å². The summed E-state index contributed by atoms with van der Waals surface area (Å²) in [4.78, 5) is 38.3. The van der Waals surface area contributed by atoms with Crippen molar-refractivity contribution in [1.29, 1.82) is 0 Å². The number of hydrogen-bond acceptors (Lipinski definition) is 3. The van der Waals surface area contributed by atoms with Crippen LogP contribution in [0.5, 0.6) is 0 Å². The molecule has 1 aliphatic rings. The topological polar surface area (TPSA) is 78.5 Å². The molecule has 0 saturated carbocycles. The molecule has 28 heavy (non-hydrogen) atoms. The van der Waals surface area contributed by atoms with Crippen LogP contribution in [-0.2, 0) is 4.79 Å². The van der Waals surface area contributed by atoms with Crippen molar-refractivity contribution in [3.63, 3.8) is 0 Å². The van der Waals surface area contributed by atoms with Crippen molar-refractivity contribution in [2.45, 2.75) is 26.7 Å². The van der Waals surface area contributed by atoms with Crippen LogP contribution in [0.4, 0.5) is 11.4 Å². The second-order valence-electron chi connectivity index (χ2n) is 7.25. The quantitative estimate of drug-likeness (QED) is 0.830. The van der Waals surface area contributed by atoms with E-state index in [0.717, 1.165) is 25.9 Å². The van der Waals surface area contributed by atoms with Crippen LogP contribution in [0.3, 0.4) is 0 Å². The molecule has 2 N–H and O–H groups in total. The first-order valence-corrected chi connectivity index (χ1v) is 9.55. The molecule has 0 unspecified atom stereocenters. The second-order valence-corrected chi connectivity index (χ2v) is 7.25. The minimum atomic E-state index is -0.250. The van der Waals surface area contributed by atoms with Gasteiger partial charge in [0.1, 0.15) is 0 Å². The summed E-state index contributed by atoms with van der Waals surface area (Å²) in [5.41, 5.74) is 2.39. The molecule has 6 heteroatoms. The maximum atomic E-state index is 12.4. The first-order valence-electron chi connectivity index (χ1n) is 9.55. The number of carbonyl (C=O) groups excluding carboxylic acids is 3. The van der Waals surface area contributed by atoms with Crippen LogP contribution in [0, 0.1) is 5.92 Å². The van der Waals surface area contributed by atoms with E-state index < -0.39 is 0 Å². The van der Waals surface area contributed by atoms with Crippen LogP contribution < -0.4 is 10.6 Å². The number of benzene rings is 2. The fourth-order valence-corrected chi connectivity index (χ4v) is 2.99. The van der Waals surface area contributed by atoms with Gasteiger partial charge in [0.2, 0.25) is 5.91 Å². The smallest absolute Gasteiger partial charge is 0.255 e. The Morgan fingerprint density at radius 2 is 1.29 bits per heavy atom. The first kappa shape index (κ1) is 19.6. The molecule has 0 aromatic heterocycles. The number of likely N-dealkylation sites (tertiary alicyclic amines) is 1. The third-order valence-corrected chi connectivity index (χ3v) is 4.72. The van der Waals surface area contributed by atoms with Gasteiger partial charge in [-0.05, 0) is 61.4 Å². The summed E-state index contributed by atoms with van der Waals surface area (Å²) < 4.78 is 0. The monoisotopic (exact) mass is 379 g/mol. The van der Waals surface area contributed by atoms with Crippen LogP contribution in [0.15, 0.2) is 48.5 Å². The minimum absolute atomic E-state index is 0.0365. The fraction of sp³-hybridized carbons (Fsp3) is 0.318. The Morgan fingerprint density at radius 1 is 0.786 bits per heavy atom. The van der Waals surface area contributed by atoms with Gasteiger partial charge in [-0.15, -0.1) is 0 Å². The number of carbonyl (C=O) groups is 3. The largest absolute Gasteiger partial charge is 0.339 e. The molecule has 1 heterocycles. The van der Waals surface area contributed by atoms with E-state index in [1.54, 1.807) is 48.5 Å². The highest BCUT2D eigenvalue weighted by molar-refractivity contribution is 6.05. The van der Waals surface area contributed by atoms with Gasteiger partial charge in [-0.1, -0.05) is 13.8 Å². The lowest BCUT2D eigenvalue weighted by Gasteiger charge is -2.15. The SMILES string of the molecule is CC(C)C(=O)Nc1ccc(C(=O)Nc2ccc(C(=O)N3CCCC3)cc2)cc1. The van der Waals surface area contributed by atoms with Crippen LogP contribution in [0.2, 0.25) is 0 Å². The Bertz CT molecular complexity index is 852. The molecule has 0 aliphatic carbocycles. The van der Waals surface area contributed by atoms with Gasteiger partial charge in [-0.25, -0.2) is 0 Å². The summed E-state index contributed by atoms with van der Waals surface area (Å²) in [7, 11) is 0. The average Bonchev–Trinajstić information content (AvgIpc) is 3.23. The molecule has 2 aromatic carbocycles. The maximum Gasteiger partial charge on any atom is 0.255 e. The number of amides is 3. The molecule has 146 valence electrons. The highest BCUT2D eigenvalue weighted by Gasteiger charge is 2.19. The molecule has 2 aromatic rings. The average molecular weight is 379 g/mol. The molecule has 0 bridgehead atoms. The normalized spacial score (nSPS) is 13.5. The Kier molecular flexibility index (Phi) is 6.09. The van der Waals surface area contributed by atoms with Crippen LogP contribution in [0.25, 0.3) is 0 Å². The van der Waals surface area contributed by atoms with Crippen molar-refractivity contribution in [3.05, 3.63) is 59.7 Å². The molecule has 0 radical (unpaired) electrons. The molecular formula is C22H25N3O3. The summed E-state index contributed by atoms with van der Waals surface area (Å²) in [6.07, 6.45) is 2.11. The lowest BCUT2D eigenvalue weighted by molar-refractivity contribution is -0.118. The lowest BCUT2D eigenvalue weighted by Crippen LogP contribution is -2.27. The Morgan fingerprint density at radius 3 is 1.82 bits per heavy atom. The Balaban J connectivity index is 1.59. The molecule has 1 saturated heterocycles. The van der Waals surface area contributed by atoms with Gasteiger partial charge in [0.15, 0.2) is 0 Å². The fourth-order valence-electron chi connectivity index (χ4n) is 2.99. The van der Waals surface area contributed by atoms with Gasteiger partial charge in [0, 0.05) is 41.5 Å². The molecular weight excluding hydrogens is 354 g/mol. The third-order valence-electron chi connectivity index (χ3n) is 4.72. The third kappa shape index (κ3) is 4.76. The zero-order valence-electron chi connectivity index (χ0n) is 16.2. The van der Waals surface area contributed by atoms with E-state index in [-0.39, 0.29) is 23.6 Å². The van der Waals surface area contributed by atoms with Crippen molar-refractivity contribution in [2.24, 2.45) is 5.92 Å². The highest BCUT2D eigenvalue weighted by Crippen LogP contribution is 2.17. The first-order chi connectivity index (χ1) is 13.4. The Hall–Kier alpha value is -3.15.